The van der Waals surface area contributed by atoms with Crippen molar-refractivity contribution in [2.45, 2.75) is 44.8 Å². The predicted molar refractivity (Wildman–Crippen MR) is 99.3 cm³/mol. The third-order valence-corrected chi connectivity index (χ3v) is 5.35. The lowest BCUT2D eigenvalue weighted by atomic mass is 9.92. The van der Waals surface area contributed by atoms with E-state index in [0.717, 1.165) is 37.8 Å². The fourth-order valence-electron chi connectivity index (χ4n) is 3.74. The van der Waals surface area contributed by atoms with E-state index in [4.69, 9.17) is 10.5 Å². The van der Waals surface area contributed by atoms with E-state index in [0.29, 0.717) is 38.6 Å². The number of carbonyl (C=O) groups excluding carboxylic acids is 2. The van der Waals surface area contributed by atoms with Crippen LogP contribution in [0.3, 0.4) is 0 Å². The molecule has 142 valence electrons. The number of ether oxygens (including phenoxy) is 1. The molecule has 0 aliphatic carbocycles. The fraction of sp³-hybridized carbons (Fsp3) is 0.600. The Morgan fingerprint density at radius 1 is 1.04 bits per heavy atom. The number of piperidine rings is 2. The second kappa shape index (κ2) is 9.03. The summed E-state index contributed by atoms with van der Waals surface area (Å²) in [5, 5.41) is 0. The summed E-state index contributed by atoms with van der Waals surface area (Å²) in [6.07, 6.45) is 4.02. The van der Waals surface area contributed by atoms with Crippen LogP contribution in [0.5, 0.6) is 0 Å². The molecular formula is C20H29N3O3. The van der Waals surface area contributed by atoms with Crippen LogP contribution >= 0.6 is 0 Å². The maximum Gasteiger partial charge on any atom is 0.410 e. The Morgan fingerprint density at radius 2 is 1.77 bits per heavy atom. The first-order valence-corrected chi connectivity index (χ1v) is 9.61. The summed E-state index contributed by atoms with van der Waals surface area (Å²) in [4.78, 5) is 28.3. The minimum Gasteiger partial charge on any atom is -0.445 e. The third-order valence-electron chi connectivity index (χ3n) is 5.35. The van der Waals surface area contributed by atoms with E-state index in [1.54, 1.807) is 4.90 Å². The molecular weight excluding hydrogens is 330 g/mol. The Bertz CT molecular complexity index is 600. The molecule has 3 rings (SSSR count). The van der Waals surface area contributed by atoms with Gasteiger partial charge in [-0.3, -0.25) is 4.79 Å². The first-order chi connectivity index (χ1) is 12.6. The van der Waals surface area contributed by atoms with Crippen LogP contribution in [0.4, 0.5) is 4.79 Å². The maximum absolute atomic E-state index is 12.5. The Labute approximate surface area is 155 Å². The Morgan fingerprint density at radius 3 is 2.46 bits per heavy atom. The minimum absolute atomic E-state index is 0.119. The lowest BCUT2D eigenvalue weighted by Gasteiger charge is -2.34. The van der Waals surface area contributed by atoms with Crippen molar-refractivity contribution in [2.75, 3.05) is 26.2 Å². The topological polar surface area (TPSA) is 75.9 Å². The van der Waals surface area contributed by atoms with Crippen LogP contribution in [0.2, 0.25) is 0 Å². The van der Waals surface area contributed by atoms with Crippen molar-refractivity contribution >= 4 is 12.0 Å². The van der Waals surface area contributed by atoms with E-state index in [1.807, 2.05) is 35.2 Å². The van der Waals surface area contributed by atoms with E-state index < -0.39 is 0 Å². The van der Waals surface area contributed by atoms with Crippen LogP contribution in [0.15, 0.2) is 30.3 Å². The van der Waals surface area contributed by atoms with E-state index in [2.05, 4.69) is 0 Å². The molecule has 0 bridgehead atoms. The number of hydrogen-bond acceptors (Lipinski definition) is 4. The van der Waals surface area contributed by atoms with Gasteiger partial charge in [0.05, 0.1) is 0 Å². The van der Waals surface area contributed by atoms with Crippen LogP contribution in [0.1, 0.15) is 37.7 Å². The molecule has 2 heterocycles. The van der Waals surface area contributed by atoms with Gasteiger partial charge in [0.25, 0.3) is 0 Å². The van der Waals surface area contributed by atoms with Gasteiger partial charge in [0.15, 0.2) is 0 Å². The number of carbonyl (C=O) groups is 2. The summed E-state index contributed by atoms with van der Waals surface area (Å²) in [6.45, 7) is 3.13. The maximum atomic E-state index is 12.5. The molecule has 2 fully saturated rings. The molecule has 0 unspecified atom stereocenters. The van der Waals surface area contributed by atoms with Crippen LogP contribution in [-0.4, -0.2) is 54.0 Å². The highest BCUT2D eigenvalue weighted by Gasteiger charge is 2.28. The molecule has 6 nitrogen and oxygen atoms in total. The zero-order valence-electron chi connectivity index (χ0n) is 15.3. The second-order valence-electron chi connectivity index (χ2n) is 7.42. The molecule has 0 saturated carbocycles. The Balaban J connectivity index is 1.38. The average Bonchev–Trinajstić information content (AvgIpc) is 2.67. The summed E-state index contributed by atoms with van der Waals surface area (Å²) in [5.74, 6) is 0.559. The van der Waals surface area contributed by atoms with Crippen LogP contribution in [-0.2, 0) is 16.1 Å². The predicted octanol–water partition coefficient (Wildman–Crippen LogP) is 2.38. The first-order valence-electron chi connectivity index (χ1n) is 9.61. The zero-order chi connectivity index (χ0) is 18.4. The monoisotopic (exact) mass is 359 g/mol. The molecule has 2 aliphatic rings. The van der Waals surface area contributed by atoms with Crippen molar-refractivity contribution in [1.82, 2.24) is 9.80 Å². The summed E-state index contributed by atoms with van der Waals surface area (Å²) in [6, 6.07) is 9.81. The van der Waals surface area contributed by atoms with Crippen molar-refractivity contribution in [3.8, 4) is 0 Å². The van der Waals surface area contributed by atoms with Crippen LogP contribution in [0.25, 0.3) is 0 Å². The highest BCUT2D eigenvalue weighted by Crippen LogP contribution is 2.23. The number of nitrogens with two attached hydrogens (primary N) is 1. The van der Waals surface area contributed by atoms with Crippen molar-refractivity contribution < 1.29 is 14.3 Å². The van der Waals surface area contributed by atoms with Crippen molar-refractivity contribution in [2.24, 2.45) is 11.7 Å². The summed E-state index contributed by atoms with van der Waals surface area (Å²) < 4.78 is 5.39. The lowest BCUT2D eigenvalue weighted by Crippen LogP contribution is -2.46. The highest BCUT2D eigenvalue weighted by molar-refractivity contribution is 5.76. The summed E-state index contributed by atoms with van der Waals surface area (Å²) in [7, 11) is 0. The second-order valence-corrected chi connectivity index (χ2v) is 7.42. The van der Waals surface area contributed by atoms with Gasteiger partial charge in [-0.2, -0.15) is 0 Å². The van der Waals surface area contributed by atoms with Gasteiger partial charge in [0.1, 0.15) is 6.61 Å². The number of rotatable bonds is 4. The van der Waals surface area contributed by atoms with Crippen LogP contribution in [0, 0.1) is 5.92 Å². The van der Waals surface area contributed by atoms with Gasteiger partial charge in [-0.15, -0.1) is 0 Å². The van der Waals surface area contributed by atoms with Crippen molar-refractivity contribution in [3.63, 3.8) is 0 Å². The van der Waals surface area contributed by atoms with Gasteiger partial charge in [-0.05, 0) is 37.2 Å². The number of amides is 2. The van der Waals surface area contributed by atoms with E-state index in [-0.39, 0.29) is 18.0 Å². The van der Waals surface area contributed by atoms with Gasteiger partial charge < -0.3 is 20.3 Å². The van der Waals surface area contributed by atoms with E-state index in [1.165, 1.54) is 0 Å². The van der Waals surface area contributed by atoms with Gasteiger partial charge >= 0.3 is 6.09 Å². The number of likely N-dealkylation sites (tertiary alicyclic amines) is 2. The molecule has 1 aromatic carbocycles. The van der Waals surface area contributed by atoms with Gasteiger partial charge in [-0.1, -0.05) is 30.3 Å². The molecule has 2 amide bonds. The molecule has 1 atom stereocenters. The molecule has 2 N–H and O–H groups in total. The van der Waals surface area contributed by atoms with Crippen molar-refractivity contribution in [3.05, 3.63) is 35.9 Å². The molecule has 1 aromatic rings. The lowest BCUT2D eigenvalue weighted by molar-refractivity contribution is -0.133. The summed E-state index contributed by atoms with van der Waals surface area (Å²) in [5.41, 5.74) is 6.95. The van der Waals surface area contributed by atoms with Crippen molar-refractivity contribution in [1.29, 1.82) is 0 Å². The fourth-order valence-corrected chi connectivity index (χ4v) is 3.74. The molecule has 2 saturated heterocycles. The van der Waals surface area contributed by atoms with Gasteiger partial charge in [-0.25, -0.2) is 4.79 Å². The third kappa shape index (κ3) is 5.21. The summed E-state index contributed by atoms with van der Waals surface area (Å²) >= 11 is 0. The molecule has 2 aliphatic heterocycles. The smallest absolute Gasteiger partial charge is 0.410 e. The number of benzene rings is 1. The van der Waals surface area contributed by atoms with E-state index in [9.17, 15) is 9.59 Å². The molecule has 0 spiro atoms. The molecule has 26 heavy (non-hydrogen) atoms. The normalized spacial score (nSPS) is 21.5. The van der Waals surface area contributed by atoms with Crippen LogP contribution < -0.4 is 5.73 Å². The minimum atomic E-state index is -0.263. The molecule has 6 heteroatoms. The average molecular weight is 359 g/mol. The quantitative estimate of drug-likeness (QED) is 0.895. The standard InChI is InChI=1S/C20H29N3O3/c21-18-7-4-10-23(14-18)19(24)13-16-8-11-22(12-9-16)20(25)26-15-17-5-2-1-3-6-17/h1-3,5-6,16,18H,4,7-15,21H2/t18-/m0/s1. The van der Waals surface area contributed by atoms with Gasteiger partial charge in [0.2, 0.25) is 5.91 Å². The highest BCUT2D eigenvalue weighted by atomic mass is 16.6. The first kappa shape index (κ1) is 18.7. The largest absolute Gasteiger partial charge is 0.445 e. The Hall–Kier alpha value is -2.08. The number of nitrogens with zero attached hydrogens (tertiary/aromatic N) is 2. The zero-order valence-corrected chi connectivity index (χ0v) is 15.3. The Kier molecular flexibility index (Phi) is 6.50. The van der Waals surface area contributed by atoms with E-state index >= 15 is 0 Å². The number of hydrogen-bond donors (Lipinski definition) is 1. The molecule has 0 aromatic heterocycles. The SMILES string of the molecule is N[C@H]1CCCN(C(=O)CC2CCN(C(=O)OCc3ccccc3)CC2)C1. The molecule has 0 radical (unpaired) electrons. The van der Waals surface area contributed by atoms with Gasteiger partial charge in [0, 0.05) is 38.6 Å².